The Bertz CT molecular complexity index is 1070. The SMILES string of the molecule is COc1ccc2c(C)c(CCC(=O)N3CCCCC3c3cn[nH]c3)c(=O)oc2c1. The maximum absolute atomic E-state index is 13.0. The molecule has 4 rings (SSSR count). The van der Waals surface area contributed by atoms with Crippen LogP contribution in [0.25, 0.3) is 11.0 Å². The van der Waals surface area contributed by atoms with E-state index in [0.717, 1.165) is 42.3 Å². The molecule has 7 heteroatoms. The van der Waals surface area contributed by atoms with Crippen molar-refractivity contribution in [1.82, 2.24) is 15.1 Å². The fourth-order valence-corrected chi connectivity index (χ4v) is 4.19. The van der Waals surface area contributed by atoms with Crippen molar-refractivity contribution >= 4 is 16.9 Å². The standard InChI is InChI=1S/C22H25N3O4/c1-14-17-7-6-16(28-2)11-20(17)29-22(27)18(14)8-9-21(26)25-10-4-3-5-19(25)15-12-23-24-13-15/h6-7,11-13,19H,3-5,8-10H2,1-2H3,(H,23,24). The average Bonchev–Trinajstić information content (AvgIpc) is 3.27. The maximum atomic E-state index is 13.0. The van der Waals surface area contributed by atoms with E-state index in [2.05, 4.69) is 10.2 Å². The molecule has 1 amide bonds. The summed E-state index contributed by atoms with van der Waals surface area (Å²) < 4.78 is 10.7. The van der Waals surface area contributed by atoms with E-state index in [4.69, 9.17) is 9.15 Å². The van der Waals surface area contributed by atoms with Gasteiger partial charge in [0.2, 0.25) is 5.91 Å². The summed E-state index contributed by atoms with van der Waals surface area (Å²) in [6, 6.07) is 5.49. The fraction of sp³-hybridized carbons (Fsp3) is 0.409. The zero-order valence-corrected chi connectivity index (χ0v) is 16.7. The molecule has 1 aliphatic heterocycles. The predicted molar refractivity (Wildman–Crippen MR) is 109 cm³/mol. The fourth-order valence-electron chi connectivity index (χ4n) is 4.19. The van der Waals surface area contributed by atoms with Crippen molar-refractivity contribution in [3.63, 3.8) is 0 Å². The van der Waals surface area contributed by atoms with Crippen molar-refractivity contribution in [2.45, 2.75) is 45.1 Å². The van der Waals surface area contributed by atoms with E-state index in [-0.39, 0.29) is 24.0 Å². The smallest absolute Gasteiger partial charge is 0.339 e. The van der Waals surface area contributed by atoms with Crippen LogP contribution in [-0.2, 0) is 11.2 Å². The number of methoxy groups -OCH3 is 1. The Labute approximate surface area is 168 Å². The number of nitrogens with zero attached hydrogens (tertiary/aromatic N) is 2. The minimum Gasteiger partial charge on any atom is -0.497 e. The lowest BCUT2D eigenvalue weighted by Gasteiger charge is -2.35. The monoisotopic (exact) mass is 395 g/mol. The summed E-state index contributed by atoms with van der Waals surface area (Å²) in [5.41, 5.74) is 2.57. The molecule has 3 heterocycles. The van der Waals surface area contributed by atoms with Crippen LogP contribution in [0, 0.1) is 6.92 Å². The first kappa shape index (κ1) is 19.2. The number of aromatic amines is 1. The Morgan fingerprint density at radius 1 is 1.38 bits per heavy atom. The first-order valence-corrected chi connectivity index (χ1v) is 9.97. The number of rotatable bonds is 5. The summed E-state index contributed by atoms with van der Waals surface area (Å²) in [6.45, 7) is 2.64. The van der Waals surface area contributed by atoms with E-state index >= 15 is 0 Å². The van der Waals surface area contributed by atoms with Crippen molar-refractivity contribution in [2.75, 3.05) is 13.7 Å². The molecular weight excluding hydrogens is 370 g/mol. The third-order valence-corrected chi connectivity index (χ3v) is 5.81. The molecule has 0 spiro atoms. The van der Waals surface area contributed by atoms with Crippen LogP contribution >= 0.6 is 0 Å². The normalized spacial score (nSPS) is 16.9. The van der Waals surface area contributed by atoms with Gasteiger partial charge in [0.1, 0.15) is 11.3 Å². The number of fused-ring (bicyclic) bond motifs is 1. The maximum Gasteiger partial charge on any atom is 0.339 e. The lowest BCUT2D eigenvalue weighted by molar-refractivity contribution is -0.135. The van der Waals surface area contributed by atoms with E-state index < -0.39 is 0 Å². The lowest BCUT2D eigenvalue weighted by Crippen LogP contribution is -2.38. The molecule has 1 fully saturated rings. The van der Waals surface area contributed by atoms with Gasteiger partial charge < -0.3 is 14.1 Å². The van der Waals surface area contributed by atoms with Gasteiger partial charge in [-0.25, -0.2) is 4.79 Å². The van der Waals surface area contributed by atoms with E-state index in [1.54, 1.807) is 19.4 Å². The first-order chi connectivity index (χ1) is 14.1. The van der Waals surface area contributed by atoms with Gasteiger partial charge in [-0.3, -0.25) is 9.89 Å². The first-order valence-electron chi connectivity index (χ1n) is 9.97. The van der Waals surface area contributed by atoms with Gasteiger partial charge in [-0.2, -0.15) is 5.10 Å². The molecule has 3 aromatic rings. The highest BCUT2D eigenvalue weighted by Crippen LogP contribution is 2.31. The number of benzene rings is 1. The van der Waals surface area contributed by atoms with Crippen molar-refractivity contribution in [3.05, 3.63) is 57.7 Å². The number of aryl methyl sites for hydroxylation is 1. The van der Waals surface area contributed by atoms with Crippen molar-refractivity contribution in [2.24, 2.45) is 0 Å². The number of carbonyl (C=O) groups excluding carboxylic acids is 1. The summed E-state index contributed by atoms with van der Waals surface area (Å²) in [7, 11) is 1.57. The third kappa shape index (κ3) is 3.77. The Hall–Kier alpha value is -3.09. The highest BCUT2D eigenvalue weighted by atomic mass is 16.5. The van der Waals surface area contributed by atoms with Gasteiger partial charge in [-0.15, -0.1) is 0 Å². The number of amides is 1. The van der Waals surface area contributed by atoms with Gasteiger partial charge in [0.15, 0.2) is 0 Å². The quantitative estimate of drug-likeness (QED) is 0.668. The second kappa shape index (κ2) is 8.11. The van der Waals surface area contributed by atoms with Crippen LogP contribution in [0.3, 0.4) is 0 Å². The van der Waals surface area contributed by atoms with Crippen molar-refractivity contribution < 1.29 is 13.9 Å². The molecule has 1 unspecified atom stereocenters. The van der Waals surface area contributed by atoms with Crippen LogP contribution in [0.2, 0.25) is 0 Å². The molecule has 152 valence electrons. The van der Waals surface area contributed by atoms with Crippen LogP contribution in [0.1, 0.15) is 48.4 Å². The summed E-state index contributed by atoms with van der Waals surface area (Å²) in [5.74, 6) is 0.697. The molecule has 1 aromatic carbocycles. The average molecular weight is 395 g/mol. The van der Waals surface area contributed by atoms with Gasteiger partial charge in [-0.1, -0.05) is 0 Å². The minimum atomic E-state index is -0.388. The topological polar surface area (TPSA) is 88.4 Å². The third-order valence-electron chi connectivity index (χ3n) is 5.81. The number of H-pyrrole nitrogens is 1. The van der Waals surface area contributed by atoms with Gasteiger partial charge in [-0.05, 0) is 50.3 Å². The Kier molecular flexibility index (Phi) is 5.38. The zero-order valence-electron chi connectivity index (χ0n) is 16.7. The summed E-state index contributed by atoms with van der Waals surface area (Å²) in [4.78, 5) is 27.5. The van der Waals surface area contributed by atoms with Crippen LogP contribution in [0.4, 0.5) is 0 Å². The molecule has 1 N–H and O–H groups in total. The number of likely N-dealkylation sites (tertiary alicyclic amines) is 1. The molecule has 0 aliphatic carbocycles. The van der Waals surface area contributed by atoms with Gasteiger partial charge >= 0.3 is 5.63 Å². The van der Waals surface area contributed by atoms with Gasteiger partial charge in [0.25, 0.3) is 0 Å². The van der Waals surface area contributed by atoms with E-state index in [1.165, 1.54) is 0 Å². The highest BCUT2D eigenvalue weighted by Gasteiger charge is 2.28. The summed E-state index contributed by atoms with van der Waals surface area (Å²) in [5, 5.41) is 7.72. The molecule has 1 aliphatic rings. The number of hydrogen-bond donors (Lipinski definition) is 1. The number of piperidine rings is 1. The van der Waals surface area contributed by atoms with Gasteiger partial charge in [0, 0.05) is 41.7 Å². The molecular formula is C22H25N3O4. The second-order valence-corrected chi connectivity index (χ2v) is 7.49. The minimum absolute atomic E-state index is 0.0524. The lowest BCUT2D eigenvalue weighted by atomic mass is 9.96. The molecule has 1 atom stereocenters. The van der Waals surface area contributed by atoms with Crippen LogP contribution in [0.5, 0.6) is 5.75 Å². The molecule has 2 aromatic heterocycles. The van der Waals surface area contributed by atoms with Gasteiger partial charge in [0.05, 0.1) is 19.3 Å². The number of nitrogens with one attached hydrogen (secondary N) is 1. The largest absolute Gasteiger partial charge is 0.497 e. The number of hydrogen-bond acceptors (Lipinski definition) is 5. The Morgan fingerprint density at radius 3 is 3.00 bits per heavy atom. The van der Waals surface area contributed by atoms with Crippen LogP contribution < -0.4 is 10.4 Å². The Morgan fingerprint density at radius 2 is 2.24 bits per heavy atom. The molecule has 7 nitrogen and oxygen atoms in total. The highest BCUT2D eigenvalue weighted by molar-refractivity contribution is 5.83. The van der Waals surface area contributed by atoms with Crippen LogP contribution in [0.15, 0.2) is 39.8 Å². The molecule has 0 saturated carbocycles. The Balaban J connectivity index is 1.54. The zero-order chi connectivity index (χ0) is 20.4. The predicted octanol–water partition coefficient (Wildman–Crippen LogP) is 3.52. The molecule has 1 saturated heterocycles. The van der Waals surface area contributed by atoms with E-state index in [1.807, 2.05) is 30.2 Å². The van der Waals surface area contributed by atoms with Crippen molar-refractivity contribution in [1.29, 1.82) is 0 Å². The van der Waals surface area contributed by atoms with E-state index in [9.17, 15) is 9.59 Å². The summed E-state index contributed by atoms with van der Waals surface area (Å²) >= 11 is 0. The molecule has 0 bridgehead atoms. The second-order valence-electron chi connectivity index (χ2n) is 7.49. The number of ether oxygens (including phenoxy) is 1. The summed E-state index contributed by atoms with van der Waals surface area (Å²) in [6.07, 6.45) is 7.31. The van der Waals surface area contributed by atoms with Crippen molar-refractivity contribution in [3.8, 4) is 5.75 Å². The van der Waals surface area contributed by atoms with E-state index in [0.29, 0.717) is 23.3 Å². The molecule has 0 radical (unpaired) electrons. The van der Waals surface area contributed by atoms with Crippen LogP contribution in [-0.4, -0.2) is 34.7 Å². The number of aromatic nitrogens is 2. The molecule has 29 heavy (non-hydrogen) atoms. The number of carbonyl (C=O) groups is 1.